The van der Waals surface area contributed by atoms with Crippen molar-refractivity contribution in [3.05, 3.63) is 0 Å². The highest BCUT2D eigenvalue weighted by atomic mass is 32.2. The fraction of sp³-hybridized carbons (Fsp3) is 0.833. The van der Waals surface area contributed by atoms with Crippen LogP contribution in [0.25, 0.3) is 0 Å². The van der Waals surface area contributed by atoms with E-state index in [9.17, 15) is 4.79 Å². The van der Waals surface area contributed by atoms with Gasteiger partial charge in [0.1, 0.15) is 5.44 Å². The van der Waals surface area contributed by atoms with Gasteiger partial charge in [-0.1, -0.05) is 0 Å². The summed E-state index contributed by atoms with van der Waals surface area (Å²) in [7, 11) is 4.60. The third kappa shape index (κ3) is 17.6. The highest BCUT2D eigenvalue weighted by Crippen LogP contribution is 2.22. The molecule has 5 nitrogen and oxygen atoms in total. The third-order valence-corrected chi connectivity index (χ3v) is 2.80. The van der Waals surface area contributed by atoms with Gasteiger partial charge in [-0.2, -0.15) is 5.26 Å². The van der Waals surface area contributed by atoms with E-state index in [-0.39, 0.29) is 5.97 Å². The third-order valence-electron chi connectivity index (χ3n) is 1.76. The summed E-state index contributed by atoms with van der Waals surface area (Å²) in [6.45, 7) is 2.24. The van der Waals surface area contributed by atoms with E-state index in [1.165, 1.54) is 26.9 Å². The molecule has 0 aliphatic carbocycles. The first-order chi connectivity index (χ1) is 8.62. The molecule has 18 heavy (non-hydrogen) atoms. The van der Waals surface area contributed by atoms with E-state index in [0.29, 0.717) is 11.2 Å². The number of hydrogen-bond acceptors (Lipinski definition) is 6. The van der Waals surface area contributed by atoms with Gasteiger partial charge in [0.05, 0.1) is 18.9 Å². The standard InChI is InChI=1S/C7H11NOS.C3H6O2.C2H6O/c8-4-6-10-7-3-1-2-5-9-7;1-3(4)5-2;1-3-2/h7H,1-3,5-6H2;1-2H3;1-2H3. The molecule has 0 spiro atoms. The average molecular weight is 277 g/mol. The Morgan fingerprint density at radius 3 is 2.33 bits per heavy atom. The van der Waals surface area contributed by atoms with Crippen molar-refractivity contribution in [2.24, 2.45) is 0 Å². The molecule has 1 atom stereocenters. The lowest BCUT2D eigenvalue weighted by Gasteiger charge is -2.20. The zero-order chi connectivity index (χ0) is 14.2. The van der Waals surface area contributed by atoms with Crippen LogP contribution in [0.4, 0.5) is 0 Å². The van der Waals surface area contributed by atoms with Crippen LogP contribution in [-0.4, -0.2) is 45.1 Å². The van der Waals surface area contributed by atoms with E-state index in [1.807, 2.05) is 0 Å². The van der Waals surface area contributed by atoms with E-state index < -0.39 is 0 Å². The molecule has 0 N–H and O–H groups in total. The fourth-order valence-electron chi connectivity index (χ4n) is 0.973. The molecule has 0 radical (unpaired) electrons. The number of rotatable bonds is 2. The maximum Gasteiger partial charge on any atom is 0.302 e. The molecule has 1 aliphatic heterocycles. The predicted molar refractivity (Wildman–Crippen MR) is 72.3 cm³/mol. The normalized spacial score (nSPS) is 17.2. The summed E-state index contributed by atoms with van der Waals surface area (Å²) in [6, 6.07) is 2.10. The second-order valence-corrected chi connectivity index (χ2v) is 4.52. The molecule has 0 saturated carbocycles. The lowest BCUT2D eigenvalue weighted by atomic mass is 10.2. The highest BCUT2D eigenvalue weighted by Gasteiger charge is 2.12. The smallest absolute Gasteiger partial charge is 0.302 e. The minimum atomic E-state index is -0.245. The number of methoxy groups -OCH3 is 2. The van der Waals surface area contributed by atoms with Crippen LogP contribution in [0, 0.1) is 11.3 Å². The van der Waals surface area contributed by atoms with E-state index in [1.54, 1.807) is 26.0 Å². The predicted octanol–water partition coefficient (Wildman–Crippen LogP) is 2.21. The van der Waals surface area contributed by atoms with Crippen LogP contribution in [0.1, 0.15) is 26.2 Å². The van der Waals surface area contributed by atoms with Gasteiger partial charge in [-0.3, -0.25) is 4.79 Å². The van der Waals surface area contributed by atoms with Crippen LogP contribution in [-0.2, 0) is 19.0 Å². The SMILES string of the molecule is COC.COC(C)=O.N#CCSC1CCCCO1. The minimum absolute atomic E-state index is 0.245. The number of nitriles is 1. The number of carbonyl (C=O) groups is 1. The largest absolute Gasteiger partial charge is 0.469 e. The molecule has 0 aromatic rings. The van der Waals surface area contributed by atoms with Crippen LogP contribution < -0.4 is 0 Å². The molecule has 6 heteroatoms. The first-order valence-corrected chi connectivity index (χ1v) is 6.72. The molecular weight excluding hydrogens is 254 g/mol. The van der Waals surface area contributed by atoms with Crippen LogP contribution in [0.15, 0.2) is 0 Å². The maximum atomic E-state index is 9.59. The number of hydrogen-bond donors (Lipinski definition) is 0. The fourth-order valence-corrected chi connectivity index (χ4v) is 1.76. The molecule has 0 amide bonds. The molecule has 0 aromatic carbocycles. The van der Waals surface area contributed by atoms with E-state index in [2.05, 4.69) is 15.5 Å². The minimum Gasteiger partial charge on any atom is -0.469 e. The summed E-state index contributed by atoms with van der Waals surface area (Å²) in [5, 5.41) is 8.27. The summed E-state index contributed by atoms with van der Waals surface area (Å²) < 4.78 is 13.8. The van der Waals surface area contributed by atoms with E-state index in [0.717, 1.165) is 13.0 Å². The molecule has 1 heterocycles. The van der Waals surface area contributed by atoms with Crippen molar-refractivity contribution in [2.45, 2.75) is 31.6 Å². The number of esters is 1. The van der Waals surface area contributed by atoms with Crippen LogP contribution >= 0.6 is 11.8 Å². The molecule has 1 unspecified atom stereocenters. The van der Waals surface area contributed by atoms with Crippen LogP contribution in [0.2, 0.25) is 0 Å². The summed E-state index contributed by atoms with van der Waals surface area (Å²) in [5.74, 6) is 0.315. The monoisotopic (exact) mass is 277 g/mol. The molecule has 1 saturated heterocycles. The molecule has 106 valence electrons. The second kappa shape index (κ2) is 16.2. The highest BCUT2D eigenvalue weighted by molar-refractivity contribution is 7.99. The van der Waals surface area contributed by atoms with Crippen molar-refractivity contribution in [1.29, 1.82) is 5.26 Å². The lowest BCUT2D eigenvalue weighted by molar-refractivity contribution is -0.137. The van der Waals surface area contributed by atoms with Crippen LogP contribution in [0.5, 0.6) is 0 Å². The zero-order valence-corrected chi connectivity index (χ0v) is 12.4. The quantitative estimate of drug-likeness (QED) is 0.721. The molecule has 1 aliphatic rings. The summed E-state index contributed by atoms with van der Waals surface area (Å²) >= 11 is 1.61. The van der Waals surface area contributed by atoms with Crippen molar-refractivity contribution < 1.29 is 19.0 Å². The maximum absolute atomic E-state index is 9.59. The van der Waals surface area contributed by atoms with Gasteiger partial charge in [-0.15, -0.1) is 11.8 Å². The van der Waals surface area contributed by atoms with Gasteiger partial charge >= 0.3 is 5.97 Å². The first-order valence-electron chi connectivity index (χ1n) is 5.67. The van der Waals surface area contributed by atoms with Crippen molar-refractivity contribution >= 4 is 17.7 Å². The topological polar surface area (TPSA) is 68.5 Å². The van der Waals surface area contributed by atoms with Gasteiger partial charge in [0.2, 0.25) is 0 Å². The van der Waals surface area contributed by atoms with E-state index in [4.69, 9.17) is 10.00 Å². The first kappa shape index (κ1) is 19.6. The Hall–Kier alpha value is -0.770. The molecule has 1 fully saturated rings. The Labute approximate surface area is 114 Å². The van der Waals surface area contributed by atoms with Crippen molar-refractivity contribution in [3.8, 4) is 6.07 Å². The van der Waals surface area contributed by atoms with Crippen molar-refractivity contribution in [3.63, 3.8) is 0 Å². The Morgan fingerprint density at radius 1 is 1.44 bits per heavy atom. The van der Waals surface area contributed by atoms with Crippen molar-refractivity contribution in [1.82, 2.24) is 0 Å². The van der Waals surface area contributed by atoms with Gasteiger partial charge in [-0.25, -0.2) is 0 Å². The summed E-state index contributed by atoms with van der Waals surface area (Å²) in [4.78, 5) is 9.59. The van der Waals surface area contributed by atoms with Gasteiger partial charge in [0, 0.05) is 27.8 Å². The average Bonchev–Trinajstić information content (AvgIpc) is 2.39. The molecule has 1 rings (SSSR count). The van der Waals surface area contributed by atoms with Gasteiger partial charge in [0.25, 0.3) is 0 Å². The second-order valence-electron chi connectivity index (χ2n) is 3.37. The lowest BCUT2D eigenvalue weighted by Crippen LogP contribution is -2.15. The van der Waals surface area contributed by atoms with Crippen molar-refractivity contribution in [2.75, 3.05) is 33.7 Å². The summed E-state index contributed by atoms with van der Waals surface area (Å²) in [6.07, 6.45) is 3.55. The molecule has 0 aromatic heterocycles. The van der Waals surface area contributed by atoms with Crippen LogP contribution in [0.3, 0.4) is 0 Å². The Kier molecular flexibility index (Phi) is 17.6. The molecule has 0 bridgehead atoms. The Bertz CT molecular complexity index is 225. The zero-order valence-electron chi connectivity index (χ0n) is 11.6. The Balaban J connectivity index is 0. The number of thioether (sulfide) groups is 1. The van der Waals surface area contributed by atoms with Gasteiger partial charge in [0.15, 0.2) is 0 Å². The number of ether oxygens (including phenoxy) is 3. The summed E-state index contributed by atoms with van der Waals surface area (Å²) in [5.41, 5.74) is 0.299. The van der Waals surface area contributed by atoms with Gasteiger partial charge < -0.3 is 14.2 Å². The van der Waals surface area contributed by atoms with Gasteiger partial charge in [-0.05, 0) is 19.3 Å². The number of carbonyl (C=O) groups excluding carboxylic acids is 1. The Morgan fingerprint density at radius 2 is 2.00 bits per heavy atom. The molecular formula is C12H23NO4S. The number of nitrogens with zero attached hydrogens (tertiary/aromatic N) is 1. The van der Waals surface area contributed by atoms with E-state index >= 15 is 0 Å².